The molecule has 0 rings (SSSR count). The number of hydrogen-bond donors (Lipinski definition) is 1. The van der Waals surface area contributed by atoms with Crippen LogP contribution in [-0.2, 0) is 4.74 Å². The van der Waals surface area contributed by atoms with Gasteiger partial charge >= 0.3 is 6.18 Å². The largest absolute Gasteiger partial charge is 0.402 e. The third-order valence-electron chi connectivity index (χ3n) is 1.59. The van der Waals surface area contributed by atoms with Crippen LogP contribution in [0.3, 0.4) is 0 Å². The lowest BCUT2D eigenvalue weighted by atomic mass is 10.2. The summed E-state index contributed by atoms with van der Waals surface area (Å²) >= 11 is 0.847. The molecule has 0 aliphatic heterocycles. The molecule has 0 aromatic heterocycles. The van der Waals surface area contributed by atoms with Crippen LogP contribution in [-0.4, -0.2) is 36.9 Å². The molecule has 2 nitrogen and oxygen atoms in total. The lowest BCUT2D eigenvalue weighted by Gasteiger charge is -2.22. The normalized spacial score (nSPS) is 16.7. The highest BCUT2D eigenvalue weighted by atomic mass is 32.2. The Hall–Kier alpha value is 0.0600. The molecule has 0 bridgehead atoms. The molecule has 2 N–H and O–H groups in total. The summed E-state index contributed by atoms with van der Waals surface area (Å²) in [5.74, 6) is 0.416. The van der Waals surface area contributed by atoms with Gasteiger partial charge in [0.2, 0.25) is 0 Å². The standard InChI is InChI=1S/C8H16F3NOS/c1-6(12)7(8(9,10)11)14-5-3-4-13-2/h6-7H,3-5,12H2,1-2H3. The molecule has 86 valence electrons. The van der Waals surface area contributed by atoms with Crippen molar-refractivity contribution in [3.63, 3.8) is 0 Å². The molecular formula is C8H16F3NOS. The Balaban J connectivity index is 3.87. The van der Waals surface area contributed by atoms with Gasteiger partial charge in [-0.3, -0.25) is 0 Å². The number of rotatable bonds is 6. The lowest BCUT2D eigenvalue weighted by Crippen LogP contribution is -2.41. The number of methoxy groups -OCH3 is 1. The van der Waals surface area contributed by atoms with Gasteiger partial charge in [0.05, 0.1) is 0 Å². The van der Waals surface area contributed by atoms with E-state index in [0.29, 0.717) is 18.8 Å². The van der Waals surface area contributed by atoms with E-state index < -0.39 is 17.5 Å². The Bertz CT molecular complexity index is 152. The monoisotopic (exact) mass is 231 g/mol. The van der Waals surface area contributed by atoms with Crippen molar-refractivity contribution in [1.82, 2.24) is 0 Å². The van der Waals surface area contributed by atoms with Gasteiger partial charge in [0.15, 0.2) is 0 Å². The second-order valence-electron chi connectivity index (χ2n) is 3.04. The van der Waals surface area contributed by atoms with Crippen LogP contribution in [0.2, 0.25) is 0 Å². The zero-order valence-corrected chi connectivity index (χ0v) is 9.12. The van der Waals surface area contributed by atoms with E-state index in [4.69, 9.17) is 10.5 Å². The Morgan fingerprint density at radius 2 is 2.00 bits per heavy atom. The maximum Gasteiger partial charge on any atom is 0.402 e. The fourth-order valence-corrected chi connectivity index (χ4v) is 1.99. The summed E-state index contributed by atoms with van der Waals surface area (Å²) in [6, 6.07) is -0.873. The van der Waals surface area contributed by atoms with Crippen LogP contribution < -0.4 is 5.73 Å². The molecule has 0 aliphatic rings. The Morgan fingerprint density at radius 1 is 1.43 bits per heavy atom. The van der Waals surface area contributed by atoms with E-state index in [1.807, 2.05) is 0 Å². The third kappa shape index (κ3) is 5.72. The van der Waals surface area contributed by atoms with Gasteiger partial charge in [0.1, 0.15) is 5.25 Å². The summed E-state index contributed by atoms with van der Waals surface area (Å²) in [7, 11) is 1.53. The molecule has 0 amide bonds. The number of alkyl halides is 3. The SMILES string of the molecule is COCCCSC(C(C)N)C(F)(F)F. The molecule has 6 heteroatoms. The Kier molecular flexibility index (Phi) is 6.55. The third-order valence-corrected chi connectivity index (χ3v) is 3.17. The van der Waals surface area contributed by atoms with Gasteiger partial charge in [-0.2, -0.15) is 13.2 Å². The van der Waals surface area contributed by atoms with E-state index in [2.05, 4.69) is 0 Å². The van der Waals surface area contributed by atoms with E-state index in [-0.39, 0.29) is 0 Å². The molecule has 0 radical (unpaired) electrons. The van der Waals surface area contributed by atoms with Gasteiger partial charge in [-0.05, 0) is 19.1 Å². The van der Waals surface area contributed by atoms with Crippen LogP contribution in [0.15, 0.2) is 0 Å². The first-order valence-electron chi connectivity index (χ1n) is 4.32. The van der Waals surface area contributed by atoms with E-state index in [9.17, 15) is 13.2 Å². The number of halogens is 3. The first-order valence-corrected chi connectivity index (χ1v) is 5.37. The smallest absolute Gasteiger partial charge is 0.385 e. The van der Waals surface area contributed by atoms with Crippen LogP contribution in [0.5, 0.6) is 0 Å². The topological polar surface area (TPSA) is 35.2 Å². The second kappa shape index (κ2) is 6.53. The maximum atomic E-state index is 12.3. The minimum absolute atomic E-state index is 0.416. The van der Waals surface area contributed by atoms with Crippen molar-refractivity contribution in [2.45, 2.75) is 30.8 Å². The molecule has 0 fully saturated rings. The predicted molar refractivity (Wildman–Crippen MR) is 52.4 cm³/mol. The molecule has 0 aliphatic carbocycles. The molecule has 14 heavy (non-hydrogen) atoms. The van der Waals surface area contributed by atoms with Crippen LogP contribution in [0.4, 0.5) is 13.2 Å². The molecule has 0 spiro atoms. The van der Waals surface area contributed by atoms with E-state index >= 15 is 0 Å². The van der Waals surface area contributed by atoms with Gasteiger partial charge in [0.25, 0.3) is 0 Å². The molecular weight excluding hydrogens is 215 g/mol. The van der Waals surface area contributed by atoms with E-state index in [0.717, 1.165) is 11.8 Å². The van der Waals surface area contributed by atoms with Crippen molar-refractivity contribution in [3.05, 3.63) is 0 Å². The predicted octanol–water partition coefficient (Wildman–Crippen LogP) is 2.03. The number of thioether (sulfide) groups is 1. The average molecular weight is 231 g/mol. The fourth-order valence-electron chi connectivity index (χ4n) is 0.958. The van der Waals surface area contributed by atoms with Crippen molar-refractivity contribution in [3.8, 4) is 0 Å². The minimum atomic E-state index is -4.22. The summed E-state index contributed by atoms with van der Waals surface area (Å²) in [4.78, 5) is 0. The van der Waals surface area contributed by atoms with Crippen LogP contribution in [0.25, 0.3) is 0 Å². The average Bonchev–Trinajstić information content (AvgIpc) is 2.01. The molecule has 2 atom stereocenters. The summed E-state index contributed by atoms with van der Waals surface area (Å²) in [6.45, 7) is 1.86. The highest BCUT2D eigenvalue weighted by molar-refractivity contribution is 8.00. The maximum absolute atomic E-state index is 12.3. The van der Waals surface area contributed by atoms with Crippen molar-refractivity contribution in [2.75, 3.05) is 19.5 Å². The zero-order chi connectivity index (χ0) is 11.2. The molecule has 0 saturated carbocycles. The summed E-state index contributed by atoms with van der Waals surface area (Å²) < 4.78 is 41.8. The number of hydrogen-bond acceptors (Lipinski definition) is 3. The van der Waals surface area contributed by atoms with E-state index in [1.54, 1.807) is 0 Å². The Labute approximate surface area is 86.4 Å². The second-order valence-corrected chi connectivity index (χ2v) is 4.29. The van der Waals surface area contributed by atoms with Crippen molar-refractivity contribution in [1.29, 1.82) is 0 Å². The first kappa shape index (κ1) is 14.1. The van der Waals surface area contributed by atoms with Crippen molar-refractivity contribution < 1.29 is 17.9 Å². The van der Waals surface area contributed by atoms with E-state index in [1.165, 1.54) is 14.0 Å². The minimum Gasteiger partial charge on any atom is -0.385 e. The summed E-state index contributed by atoms with van der Waals surface area (Å²) in [5, 5.41) is -1.47. The summed E-state index contributed by atoms with van der Waals surface area (Å²) in [5.41, 5.74) is 5.27. The van der Waals surface area contributed by atoms with Gasteiger partial charge in [-0.1, -0.05) is 0 Å². The molecule has 0 heterocycles. The summed E-state index contributed by atoms with van der Waals surface area (Å²) in [6.07, 6.45) is -3.60. The molecule has 0 saturated heterocycles. The van der Waals surface area contributed by atoms with Crippen LogP contribution >= 0.6 is 11.8 Å². The fraction of sp³-hybridized carbons (Fsp3) is 1.00. The lowest BCUT2D eigenvalue weighted by molar-refractivity contribution is -0.131. The Morgan fingerprint density at radius 3 is 2.36 bits per heavy atom. The van der Waals surface area contributed by atoms with Gasteiger partial charge in [-0.25, -0.2) is 0 Å². The molecule has 2 unspecified atom stereocenters. The highest BCUT2D eigenvalue weighted by Crippen LogP contribution is 2.32. The van der Waals surface area contributed by atoms with Gasteiger partial charge in [0, 0.05) is 19.8 Å². The first-order chi connectivity index (χ1) is 6.39. The van der Waals surface area contributed by atoms with Crippen LogP contribution in [0, 0.1) is 0 Å². The van der Waals surface area contributed by atoms with Gasteiger partial charge < -0.3 is 10.5 Å². The van der Waals surface area contributed by atoms with Crippen LogP contribution in [0.1, 0.15) is 13.3 Å². The van der Waals surface area contributed by atoms with Crippen molar-refractivity contribution >= 4 is 11.8 Å². The zero-order valence-electron chi connectivity index (χ0n) is 8.30. The van der Waals surface area contributed by atoms with Crippen molar-refractivity contribution in [2.24, 2.45) is 5.73 Å². The highest BCUT2D eigenvalue weighted by Gasteiger charge is 2.41. The molecule has 0 aromatic carbocycles. The number of nitrogens with two attached hydrogens (primary N) is 1. The molecule has 0 aromatic rings. The number of ether oxygens (including phenoxy) is 1. The quantitative estimate of drug-likeness (QED) is 0.710. The van der Waals surface area contributed by atoms with Gasteiger partial charge in [-0.15, -0.1) is 11.8 Å².